The molecular formula is H2BiNOSi. The average molecular weight is 269 g/mol. The predicted octanol–water partition coefficient (Wildman–Crippen LogP) is -1.64. The zero-order valence-electron chi connectivity index (χ0n) is 1.93. The molecule has 0 aliphatic rings. The van der Waals surface area contributed by atoms with Crippen molar-refractivity contribution in [3.63, 3.8) is 0 Å². The van der Waals surface area contributed by atoms with Gasteiger partial charge in [0.15, 0.2) is 0 Å². The molecule has 1 N–H and O–H groups in total. The zero-order chi connectivity index (χ0) is 3.41. The minimum atomic E-state index is -0.668. The topological polar surface area (TPSA) is 29.1 Å². The Morgan fingerprint density at radius 1 is 2.00 bits per heavy atom. The Labute approximate surface area is 42.2 Å². The van der Waals surface area contributed by atoms with Gasteiger partial charge >= 0.3 is 42.0 Å². The molecule has 0 saturated heterocycles. The Hall–Kier alpha value is 0.700. The van der Waals surface area contributed by atoms with Gasteiger partial charge in [0.1, 0.15) is 0 Å². The second-order valence-corrected chi connectivity index (χ2v) is 3.75. The van der Waals surface area contributed by atoms with Gasteiger partial charge in [0, 0.05) is 0 Å². The molecule has 0 spiro atoms. The number of rotatable bonds is 1. The summed E-state index contributed by atoms with van der Waals surface area (Å²) in [5, 5.41) is 0. The molecule has 2 radical (unpaired) electrons. The van der Waals surface area contributed by atoms with Crippen molar-refractivity contribution >= 4 is 34.6 Å². The summed E-state index contributed by atoms with van der Waals surface area (Å²) >= 11 is 1.02. The van der Waals surface area contributed by atoms with E-state index in [0.29, 0.717) is 0 Å². The summed E-state index contributed by atoms with van der Waals surface area (Å²) in [4.78, 5) is 0. The summed E-state index contributed by atoms with van der Waals surface area (Å²) in [5.74, 6) is 0. The van der Waals surface area contributed by atoms with E-state index in [1.54, 1.807) is 0 Å². The molecule has 0 amide bonds. The fraction of sp³-hybridized carbons (Fsp3) is 0. The van der Waals surface area contributed by atoms with Crippen LogP contribution in [0.1, 0.15) is 0 Å². The minimum absolute atomic E-state index is 0.668. The van der Waals surface area contributed by atoms with Crippen LogP contribution in [0, 0.1) is 0 Å². The second-order valence-electron chi connectivity index (χ2n) is 0.247. The van der Waals surface area contributed by atoms with Crippen molar-refractivity contribution in [2.45, 2.75) is 0 Å². The molecule has 0 fully saturated rings. The van der Waals surface area contributed by atoms with Crippen LogP contribution in [0.25, 0.3) is 0 Å². The van der Waals surface area contributed by atoms with E-state index >= 15 is 0 Å². The Kier molecular flexibility index (Phi) is 4.35. The van der Waals surface area contributed by atoms with Crippen LogP contribution in [0.15, 0.2) is 0 Å². The number of hydrogen-bond donors (Lipinski definition) is 1. The third-order valence-corrected chi connectivity index (χ3v) is 1.39. The van der Waals surface area contributed by atoms with Crippen molar-refractivity contribution in [2.24, 2.45) is 0 Å². The molecule has 0 saturated carbocycles. The van der Waals surface area contributed by atoms with Gasteiger partial charge in [-0.05, 0) is 0 Å². The molecule has 0 rings (SSSR count). The van der Waals surface area contributed by atoms with Gasteiger partial charge in [0.2, 0.25) is 0 Å². The first-order chi connectivity index (χ1) is 1.91. The Morgan fingerprint density at radius 3 is 2.25 bits per heavy atom. The summed E-state index contributed by atoms with van der Waals surface area (Å²) in [7, 11) is -0.668. The molecule has 0 bridgehead atoms. The van der Waals surface area contributed by atoms with Crippen LogP contribution in [-0.4, -0.2) is 34.6 Å². The van der Waals surface area contributed by atoms with Gasteiger partial charge in [-0.25, -0.2) is 0 Å². The quantitative estimate of drug-likeness (QED) is 0.578. The van der Waals surface area contributed by atoms with Crippen molar-refractivity contribution in [2.75, 3.05) is 0 Å². The number of nitrogens with one attached hydrogen (secondary N) is 1. The van der Waals surface area contributed by atoms with Crippen molar-refractivity contribution < 1.29 is 4.46 Å². The van der Waals surface area contributed by atoms with Gasteiger partial charge in [0.05, 0.1) is 0 Å². The molecule has 0 aromatic carbocycles. The Balaban J connectivity index is 2.30. The average Bonchev–Trinajstić information content (AvgIpc) is 1.37. The molecule has 4 heavy (non-hydrogen) atoms. The van der Waals surface area contributed by atoms with Crippen LogP contribution in [0.3, 0.4) is 0 Å². The SMILES string of the molecule is O=[SiH][NH][Bi]. The summed E-state index contributed by atoms with van der Waals surface area (Å²) in [6.45, 7) is 0. The monoisotopic (exact) mass is 269 g/mol. The molecule has 2 nitrogen and oxygen atoms in total. The van der Waals surface area contributed by atoms with E-state index in [1.165, 1.54) is 0 Å². The van der Waals surface area contributed by atoms with Gasteiger partial charge in [-0.2, -0.15) is 0 Å². The van der Waals surface area contributed by atoms with Crippen LogP contribution in [0.4, 0.5) is 0 Å². The number of hydrogen-bond acceptors (Lipinski definition) is 1. The standard InChI is InChI=1S/Bi.H2NOSi/c;1-3-2/h;1,3H/q+1;-1. The first kappa shape index (κ1) is 4.70. The second kappa shape index (κ2) is 3.70. The Morgan fingerprint density at radius 2 is 2.25 bits per heavy atom. The molecule has 0 aromatic rings. The van der Waals surface area contributed by atoms with Gasteiger partial charge in [0.25, 0.3) is 0 Å². The van der Waals surface area contributed by atoms with Crippen molar-refractivity contribution in [3.05, 3.63) is 0 Å². The van der Waals surface area contributed by atoms with Crippen LogP contribution >= 0.6 is 0 Å². The van der Waals surface area contributed by atoms with Crippen LogP contribution in [-0.2, 0) is 4.46 Å². The molecule has 0 unspecified atom stereocenters. The van der Waals surface area contributed by atoms with Gasteiger partial charge in [-0.1, -0.05) is 0 Å². The van der Waals surface area contributed by atoms with E-state index < -0.39 is 9.57 Å². The molecular weight excluding hydrogens is 267 g/mol. The van der Waals surface area contributed by atoms with Gasteiger partial charge in [-0.3, -0.25) is 0 Å². The van der Waals surface area contributed by atoms with Crippen LogP contribution in [0.2, 0.25) is 0 Å². The maximum absolute atomic E-state index is 9.30. The summed E-state index contributed by atoms with van der Waals surface area (Å²) < 4.78 is 11.9. The fourth-order valence-electron chi connectivity index (χ4n) is 0. The third-order valence-electron chi connectivity index (χ3n) is 0.0527. The summed E-state index contributed by atoms with van der Waals surface area (Å²) in [6, 6.07) is 0. The normalized spacial score (nSPS) is 5.25. The van der Waals surface area contributed by atoms with Crippen molar-refractivity contribution in [1.29, 1.82) is 0 Å². The molecule has 0 heterocycles. The van der Waals surface area contributed by atoms with E-state index in [-0.39, 0.29) is 0 Å². The maximum atomic E-state index is 9.30. The molecule has 22 valence electrons. The molecule has 4 heteroatoms. The van der Waals surface area contributed by atoms with Crippen LogP contribution in [0.5, 0.6) is 0 Å². The first-order valence-electron chi connectivity index (χ1n) is 0.748. The van der Waals surface area contributed by atoms with Crippen molar-refractivity contribution in [1.82, 2.24) is 2.93 Å². The first-order valence-corrected chi connectivity index (χ1v) is 3.54. The van der Waals surface area contributed by atoms with Crippen molar-refractivity contribution in [3.8, 4) is 0 Å². The van der Waals surface area contributed by atoms with E-state index in [2.05, 4.69) is 2.93 Å². The van der Waals surface area contributed by atoms with Gasteiger partial charge < -0.3 is 0 Å². The fourth-order valence-corrected chi connectivity index (χ4v) is 0. The zero-order valence-corrected chi connectivity index (χ0v) is 6.56. The predicted molar refractivity (Wildman–Crippen MR) is 16.7 cm³/mol. The van der Waals surface area contributed by atoms with Gasteiger partial charge in [-0.15, -0.1) is 0 Å². The molecule has 0 aromatic heterocycles. The van der Waals surface area contributed by atoms with E-state index in [9.17, 15) is 4.46 Å². The molecule has 0 aliphatic carbocycles. The molecule has 0 aliphatic heterocycles. The Bertz CT molecular complexity index is 22.0. The summed E-state index contributed by atoms with van der Waals surface area (Å²) in [5.41, 5.74) is 0. The summed E-state index contributed by atoms with van der Waals surface area (Å²) in [6.07, 6.45) is 0. The van der Waals surface area contributed by atoms with E-state index in [0.717, 1.165) is 25.0 Å². The van der Waals surface area contributed by atoms with E-state index in [4.69, 9.17) is 0 Å². The van der Waals surface area contributed by atoms with Crippen LogP contribution < -0.4 is 2.93 Å². The molecule has 0 atom stereocenters. The van der Waals surface area contributed by atoms with E-state index in [1.807, 2.05) is 0 Å². The third kappa shape index (κ3) is 2.70.